The third kappa shape index (κ3) is 3.47. The predicted molar refractivity (Wildman–Crippen MR) is 48.8 cm³/mol. The lowest BCUT2D eigenvalue weighted by Crippen LogP contribution is -2.38. The van der Waals surface area contributed by atoms with Gasteiger partial charge in [0.2, 0.25) is 0 Å². The Balaban J connectivity index is 2.98. The number of benzene rings is 1. The van der Waals surface area contributed by atoms with Gasteiger partial charge in [0.05, 0.1) is 23.6 Å². The quantitative estimate of drug-likeness (QED) is 0.827. The fourth-order valence-electron chi connectivity index (χ4n) is 1.18. The molecule has 0 heterocycles. The molecule has 0 aromatic heterocycles. The first-order valence-electron chi connectivity index (χ1n) is 4.46. The van der Waals surface area contributed by atoms with Crippen LogP contribution in [0.5, 0.6) is 0 Å². The summed E-state index contributed by atoms with van der Waals surface area (Å²) in [6.45, 7) is -0.842. The molecule has 0 saturated heterocycles. The zero-order chi connectivity index (χ0) is 13.1. The first-order valence-corrected chi connectivity index (χ1v) is 4.46. The Kier molecular flexibility index (Phi) is 3.72. The van der Waals surface area contributed by atoms with Crippen LogP contribution in [-0.4, -0.2) is 18.4 Å². The summed E-state index contributed by atoms with van der Waals surface area (Å²) in [5.41, 5.74) is -1.74. The highest BCUT2D eigenvalue weighted by molar-refractivity contribution is 5.97. The highest BCUT2D eigenvalue weighted by Crippen LogP contribution is 2.31. The van der Waals surface area contributed by atoms with E-state index in [0.717, 1.165) is 18.2 Å². The maximum atomic E-state index is 12.5. The molecule has 7 heteroatoms. The average molecular weight is 246 g/mol. The van der Waals surface area contributed by atoms with Crippen LogP contribution in [0.25, 0.3) is 0 Å². The number of carbonyl (C=O) groups excluding carboxylic acids is 2. The summed E-state index contributed by atoms with van der Waals surface area (Å²) in [6.07, 6.45) is -4.67. The molecule has 1 rings (SSSR count). The molecule has 4 nitrogen and oxygen atoms in total. The summed E-state index contributed by atoms with van der Waals surface area (Å²) in [4.78, 5) is 21.4. The van der Waals surface area contributed by atoms with E-state index in [1.807, 2.05) is 5.32 Å². The van der Waals surface area contributed by atoms with Crippen LogP contribution in [-0.2, 0) is 11.0 Å². The topological polar surface area (TPSA) is 69.2 Å². The SMILES string of the molecule is O=C([O-])CNC(=O)c1ccccc1C(F)(F)F. The lowest BCUT2D eigenvalue weighted by atomic mass is 10.1. The Morgan fingerprint density at radius 2 is 1.82 bits per heavy atom. The average Bonchev–Trinajstić information content (AvgIpc) is 2.24. The second-order valence-electron chi connectivity index (χ2n) is 3.10. The minimum Gasteiger partial charge on any atom is -0.548 e. The van der Waals surface area contributed by atoms with Gasteiger partial charge >= 0.3 is 6.18 Å². The third-order valence-electron chi connectivity index (χ3n) is 1.87. The lowest BCUT2D eigenvalue weighted by Gasteiger charge is -2.12. The molecule has 0 bridgehead atoms. The third-order valence-corrected chi connectivity index (χ3v) is 1.87. The normalized spacial score (nSPS) is 11.0. The minimum absolute atomic E-state index is 0.624. The summed E-state index contributed by atoms with van der Waals surface area (Å²) in [5.74, 6) is -2.69. The van der Waals surface area contributed by atoms with E-state index in [0.29, 0.717) is 0 Å². The molecule has 92 valence electrons. The van der Waals surface area contributed by atoms with Crippen LogP contribution in [0.2, 0.25) is 0 Å². The van der Waals surface area contributed by atoms with Gasteiger partial charge in [0.25, 0.3) is 5.91 Å². The number of carboxylic acids is 1. The Morgan fingerprint density at radius 3 is 2.35 bits per heavy atom. The molecule has 0 saturated carbocycles. The second kappa shape index (κ2) is 4.86. The van der Waals surface area contributed by atoms with Crippen LogP contribution >= 0.6 is 0 Å². The first kappa shape index (κ1) is 13.0. The van der Waals surface area contributed by atoms with Gasteiger partial charge in [-0.15, -0.1) is 0 Å². The molecule has 1 aromatic carbocycles. The molecule has 1 aromatic rings. The van der Waals surface area contributed by atoms with E-state index >= 15 is 0 Å². The first-order chi connectivity index (χ1) is 7.82. The molecule has 0 aliphatic carbocycles. The summed E-state index contributed by atoms with van der Waals surface area (Å²) >= 11 is 0. The molecule has 0 aliphatic heterocycles. The van der Waals surface area contributed by atoms with Crippen LogP contribution in [0.4, 0.5) is 13.2 Å². The number of aliphatic carboxylic acids is 1. The van der Waals surface area contributed by atoms with E-state index in [2.05, 4.69) is 0 Å². The molecule has 0 fully saturated rings. The zero-order valence-electron chi connectivity index (χ0n) is 8.38. The van der Waals surface area contributed by atoms with E-state index in [9.17, 15) is 27.9 Å². The van der Waals surface area contributed by atoms with Crippen molar-refractivity contribution in [3.63, 3.8) is 0 Å². The van der Waals surface area contributed by atoms with Crippen molar-refractivity contribution in [1.82, 2.24) is 5.32 Å². The fourth-order valence-corrected chi connectivity index (χ4v) is 1.18. The number of hydrogen-bond acceptors (Lipinski definition) is 3. The van der Waals surface area contributed by atoms with Crippen LogP contribution in [0, 0.1) is 0 Å². The Labute approximate surface area is 94.1 Å². The number of alkyl halides is 3. The van der Waals surface area contributed by atoms with Gasteiger partial charge in [-0.25, -0.2) is 0 Å². The molecule has 0 spiro atoms. The van der Waals surface area contributed by atoms with Crippen LogP contribution < -0.4 is 10.4 Å². The number of carboxylic acid groups (broad SMARTS) is 1. The monoisotopic (exact) mass is 246 g/mol. The minimum atomic E-state index is -4.67. The highest BCUT2D eigenvalue weighted by atomic mass is 19.4. The molecular weight excluding hydrogens is 239 g/mol. The van der Waals surface area contributed by atoms with Crippen molar-refractivity contribution in [3.8, 4) is 0 Å². The van der Waals surface area contributed by atoms with E-state index < -0.39 is 35.7 Å². The fraction of sp³-hybridized carbons (Fsp3) is 0.200. The van der Waals surface area contributed by atoms with Gasteiger partial charge in [0.15, 0.2) is 0 Å². The van der Waals surface area contributed by atoms with Gasteiger partial charge in [0.1, 0.15) is 0 Å². The molecule has 1 N–H and O–H groups in total. The molecule has 0 aliphatic rings. The summed E-state index contributed by atoms with van der Waals surface area (Å²) in [6, 6.07) is 4.10. The van der Waals surface area contributed by atoms with Gasteiger partial charge in [-0.05, 0) is 12.1 Å². The van der Waals surface area contributed by atoms with Crippen molar-refractivity contribution in [3.05, 3.63) is 35.4 Å². The molecule has 0 radical (unpaired) electrons. The molecular formula is C10H7F3NO3-. The molecule has 1 amide bonds. The number of halogens is 3. The van der Waals surface area contributed by atoms with E-state index in [4.69, 9.17) is 0 Å². The number of nitrogens with one attached hydrogen (secondary N) is 1. The molecule has 0 unspecified atom stereocenters. The highest BCUT2D eigenvalue weighted by Gasteiger charge is 2.34. The zero-order valence-corrected chi connectivity index (χ0v) is 8.38. The van der Waals surface area contributed by atoms with Crippen LogP contribution in [0.15, 0.2) is 24.3 Å². The summed E-state index contributed by atoms with van der Waals surface area (Å²) in [7, 11) is 0. The number of rotatable bonds is 3. The van der Waals surface area contributed by atoms with Gasteiger partial charge in [-0.3, -0.25) is 4.79 Å². The van der Waals surface area contributed by atoms with Crippen molar-refractivity contribution in [2.75, 3.05) is 6.54 Å². The lowest BCUT2D eigenvalue weighted by molar-refractivity contribution is -0.303. The molecule has 0 atom stereocenters. The van der Waals surface area contributed by atoms with Gasteiger partial charge < -0.3 is 15.2 Å². The second-order valence-corrected chi connectivity index (χ2v) is 3.10. The number of amides is 1. The summed E-state index contributed by atoms with van der Waals surface area (Å²) < 4.78 is 37.5. The van der Waals surface area contributed by atoms with Crippen LogP contribution in [0.1, 0.15) is 15.9 Å². The predicted octanol–water partition coefficient (Wildman–Crippen LogP) is 0.185. The maximum absolute atomic E-state index is 12.5. The Bertz CT molecular complexity index is 443. The van der Waals surface area contributed by atoms with E-state index in [-0.39, 0.29) is 0 Å². The van der Waals surface area contributed by atoms with Crippen LogP contribution in [0.3, 0.4) is 0 Å². The maximum Gasteiger partial charge on any atom is 0.417 e. The standard InChI is InChI=1S/C10H8F3NO3/c11-10(12,13)7-4-2-1-3-6(7)9(17)14-5-8(15)16/h1-4H,5H2,(H,14,17)(H,15,16)/p-1. The smallest absolute Gasteiger partial charge is 0.417 e. The summed E-state index contributed by atoms with van der Waals surface area (Å²) in [5, 5.41) is 11.9. The van der Waals surface area contributed by atoms with Crippen molar-refractivity contribution in [1.29, 1.82) is 0 Å². The Morgan fingerprint density at radius 1 is 1.24 bits per heavy atom. The Hall–Kier alpha value is -2.05. The van der Waals surface area contributed by atoms with Crippen molar-refractivity contribution >= 4 is 11.9 Å². The largest absolute Gasteiger partial charge is 0.548 e. The van der Waals surface area contributed by atoms with E-state index in [1.165, 1.54) is 6.07 Å². The van der Waals surface area contributed by atoms with E-state index in [1.54, 1.807) is 0 Å². The van der Waals surface area contributed by atoms with Crippen molar-refractivity contribution in [2.24, 2.45) is 0 Å². The van der Waals surface area contributed by atoms with Crippen molar-refractivity contribution < 1.29 is 27.9 Å². The van der Waals surface area contributed by atoms with Gasteiger partial charge in [0, 0.05) is 0 Å². The number of hydrogen-bond donors (Lipinski definition) is 1. The number of carbonyl (C=O) groups is 2. The van der Waals surface area contributed by atoms with Gasteiger partial charge in [-0.1, -0.05) is 12.1 Å². The van der Waals surface area contributed by atoms with Gasteiger partial charge in [-0.2, -0.15) is 13.2 Å². The van der Waals surface area contributed by atoms with Crippen molar-refractivity contribution in [2.45, 2.75) is 6.18 Å². The molecule has 17 heavy (non-hydrogen) atoms.